The molecule has 1 saturated heterocycles. The van der Waals surface area contributed by atoms with Gasteiger partial charge in [0, 0.05) is 20.1 Å². The van der Waals surface area contributed by atoms with Crippen molar-refractivity contribution in [2.45, 2.75) is 0 Å². The van der Waals surface area contributed by atoms with Gasteiger partial charge in [-0.2, -0.15) is 12.7 Å². The fourth-order valence-corrected chi connectivity index (χ4v) is 3.20. The highest BCUT2D eigenvalue weighted by Crippen LogP contribution is 2.26. The molecule has 1 fully saturated rings. The minimum absolute atomic E-state index is 0.651. The summed E-state index contributed by atoms with van der Waals surface area (Å²) in [5.41, 5.74) is 0. The lowest BCUT2D eigenvalue weighted by Crippen LogP contribution is -2.31. The van der Waals surface area contributed by atoms with E-state index in [1.165, 1.54) is 19.9 Å². The minimum atomic E-state index is -3.21. The zero-order chi connectivity index (χ0) is 9.47. The Labute approximate surface area is 81.6 Å². The van der Waals surface area contributed by atoms with Gasteiger partial charge in [-0.3, -0.25) is 4.31 Å². The first-order chi connectivity index (χ1) is 6.12. The Hall–Kier alpha value is -0.590. The van der Waals surface area contributed by atoms with Crippen LogP contribution in [0.5, 0.6) is 0 Å². The van der Waals surface area contributed by atoms with Crippen LogP contribution in [0.4, 0.5) is 5.00 Å². The molecule has 0 atom stereocenters. The van der Waals surface area contributed by atoms with Gasteiger partial charge in [0.2, 0.25) is 0 Å². The van der Waals surface area contributed by atoms with Gasteiger partial charge in [-0.05, 0) is 17.5 Å². The van der Waals surface area contributed by atoms with Crippen molar-refractivity contribution >= 4 is 26.5 Å². The molecular weight excluding hydrogens is 208 g/mol. The second-order valence-electron chi connectivity index (χ2n) is 2.83. The molecule has 2 rings (SSSR count). The Kier molecular flexibility index (Phi) is 2.05. The molecule has 0 saturated carbocycles. The Morgan fingerprint density at radius 1 is 1.54 bits per heavy atom. The van der Waals surface area contributed by atoms with E-state index < -0.39 is 10.2 Å². The van der Waals surface area contributed by atoms with Crippen molar-refractivity contribution in [1.29, 1.82) is 0 Å². The molecule has 0 bridgehead atoms. The summed E-state index contributed by atoms with van der Waals surface area (Å²) < 4.78 is 26.1. The number of anilines is 1. The lowest BCUT2D eigenvalue weighted by Gasteiger charge is -2.16. The quantitative estimate of drug-likeness (QED) is 0.702. The molecule has 0 N–H and O–H groups in total. The molecule has 72 valence electrons. The van der Waals surface area contributed by atoms with Crippen LogP contribution in [0.25, 0.3) is 0 Å². The SMILES string of the molecule is CN(c1cccs1)S(=O)(=O)N1CC1. The number of thiophene rings is 1. The highest BCUT2D eigenvalue weighted by molar-refractivity contribution is 7.90. The van der Waals surface area contributed by atoms with Crippen LogP contribution < -0.4 is 4.31 Å². The molecule has 0 unspecified atom stereocenters. The normalized spacial score (nSPS) is 17.3. The van der Waals surface area contributed by atoms with E-state index in [1.54, 1.807) is 13.1 Å². The summed E-state index contributed by atoms with van der Waals surface area (Å²) in [6, 6.07) is 3.64. The van der Waals surface area contributed by atoms with Crippen LogP contribution in [0.1, 0.15) is 0 Å². The van der Waals surface area contributed by atoms with Crippen molar-refractivity contribution in [3.63, 3.8) is 0 Å². The van der Waals surface area contributed by atoms with Gasteiger partial charge >= 0.3 is 10.2 Å². The Morgan fingerprint density at radius 3 is 2.69 bits per heavy atom. The van der Waals surface area contributed by atoms with E-state index in [9.17, 15) is 8.42 Å². The molecule has 1 aliphatic heterocycles. The molecular formula is C7H10N2O2S2. The van der Waals surface area contributed by atoms with Gasteiger partial charge in [-0.1, -0.05) is 0 Å². The van der Waals surface area contributed by atoms with Gasteiger partial charge in [-0.15, -0.1) is 11.3 Å². The number of nitrogens with zero attached hydrogens (tertiary/aromatic N) is 2. The van der Waals surface area contributed by atoms with Gasteiger partial charge in [0.05, 0.1) is 0 Å². The largest absolute Gasteiger partial charge is 0.304 e. The molecule has 4 nitrogen and oxygen atoms in total. The fourth-order valence-electron chi connectivity index (χ4n) is 1.01. The summed E-state index contributed by atoms with van der Waals surface area (Å²) in [6.07, 6.45) is 0. The maximum Gasteiger partial charge on any atom is 0.304 e. The molecule has 6 heteroatoms. The van der Waals surface area contributed by atoms with E-state index in [-0.39, 0.29) is 0 Å². The highest BCUT2D eigenvalue weighted by atomic mass is 32.2. The third-order valence-corrected chi connectivity index (χ3v) is 4.86. The Bertz CT molecular complexity index is 381. The standard InChI is InChI=1S/C7H10N2O2S2/c1-8(7-3-2-6-12-7)13(10,11)9-4-5-9/h2-3,6H,4-5H2,1H3. The smallest absolute Gasteiger partial charge is 0.251 e. The predicted octanol–water partition coefficient (Wildman–Crippen LogP) is 0.745. The van der Waals surface area contributed by atoms with Crippen molar-refractivity contribution in [1.82, 2.24) is 4.31 Å². The van der Waals surface area contributed by atoms with Crippen molar-refractivity contribution in [3.8, 4) is 0 Å². The number of hydrogen-bond donors (Lipinski definition) is 0. The molecule has 1 aromatic rings. The lowest BCUT2D eigenvalue weighted by atomic mass is 10.6. The monoisotopic (exact) mass is 218 g/mol. The van der Waals surface area contributed by atoms with Crippen LogP contribution in [0.15, 0.2) is 17.5 Å². The summed E-state index contributed by atoms with van der Waals surface area (Å²) in [7, 11) is -1.63. The van der Waals surface area contributed by atoms with Crippen molar-refractivity contribution in [2.24, 2.45) is 0 Å². The topological polar surface area (TPSA) is 40.4 Å². The second kappa shape index (κ2) is 2.97. The molecule has 0 spiro atoms. The minimum Gasteiger partial charge on any atom is -0.251 e. The van der Waals surface area contributed by atoms with Crippen LogP contribution in [0, 0.1) is 0 Å². The molecule has 13 heavy (non-hydrogen) atoms. The van der Waals surface area contributed by atoms with Crippen LogP contribution in [0.2, 0.25) is 0 Å². The molecule has 0 radical (unpaired) electrons. The average Bonchev–Trinajstić information content (AvgIpc) is 2.82. The van der Waals surface area contributed by atoms with E-state index in [4.69, 9.17) is 0 Å². The first-order valence-electron chi connectivity index (χ1n) is 3.90. The van der Waals surface area contributed by atoms with Crippen LogP contribution in [-0.4, -0.2) is 32.9 Å². The van der Waals surface area contributed by atoms with Crippen molar-refractivity contribution in [3.05, 3.63) is 17.5 Å². The molecule has 0 aromatic carbocycles. The van der Waals surface area contributed by atoms with Gasteiger partial charge in [0.25, 0.3) is 0 Å². The average molecular weight is 218 g/mol. The first-order valence-corrected chi connectivity index (χ1v) is 6.17. The van der Waals surface area contributed by atoms with Crippen LogP contribution in [-0.2, 0) is 10.2 Å². The van der Waals surface area contributed by atoms with E-state index in [2.05, 4.69) is 0 Å². The van der Waals surface area contributed by atoms with Gasteiger partial charge in [-0.25, -0.2) is 0 Å². The van der Waals surface area contributed by atoms with Crippen molar-refractivity contribution < 1.29 is 8.42 Å². The molecule has 0 aliphatic carbocycles. The summed E-state index contributed by atoms with van der Waals surface area (Å²) in [6.45, 7) is 1.30. The summed E-state index contributed by atoms with van der Waals surface area (Å²) in [5, 5.41) is 2.62. The van der Waals surface area contributed by atoms with Crippen LogP contribution in [0.3, 0.4) is 0 Å². The van der Waals surface area contributed by atoms with Gasteiger partial charge in [0.15, 0.2) is 0 Å². The molecule has 2 heterocycles. The lowest BCUT2D eigenvalue weighted by molar-refractivity contribution is 0.561. The summed E-state index contributed by atoms with van der Waals surface area (Å²) >= 11 is 1.42. The van der Waals surface area contributed by atoms with Crippen molar-refractivity contribution in [2.75, 3.05) is 24.4 Å². The van der Waals surface area contributed by atoms with E-state index >= 15 is 0 Å². The highest BCUT2D eigenvalue weighted by Gasteiger charge is 2.35. The summed E-state index contributed by atoms with van der Waals surface area (Å²) in [5.74, 6) is 0. The number of rotatable bonds is 3. The second-order valence-corrected chi connectivity index (χ2v) is 5.71. The zero-order valence-electron chi connectivity index (χ0n) is 7.17. The Balaban J connectivity index is 2.26. The van der Waals surface area contributed by atoms with Gasteiger partial charge in [0.1, 0.15) is 5.00 Å². The number of hydrogen-bond acceptors (Lipinski definition) is 3. The maximum atomic E-state index is 11.6. The maximum absolute atomic E-state index is 11.6. The molecule has 1 aromatic heterocycles. The fraction of sp³-hybridized carbons (Fsp3) is 0.429. The van der Waals surface area contributed by atoms with E-state index in [0.29, 0.717) is 13.1 Å². The first kappa shape index (κ1) is 8.98. The van der Waals surface area contributed by atoms with Gasteiger partial charge < -0.3 is 0 Å². The molecule has 0 amide bonds. The molecule has 1 aliphatic rings. The summed E-state index contributed by atoms with van der Waals surface area (Å²) in [4.78, 5) is 0. The van der Waals surface area contributed by atoms with E-state index in [0.717, 1.165) is 5.00 Å². The zero-order valence-corrected chi connectivity index (χ0v) is 8.81. The third kappa shape index (κ3) is 1.56. The predicted molar refractivity (Wildman–Crippen MR) is 53.2 cm³/mol. The Morgan fingerprint density at radius 2 is 2.23 bits per heavy atom. The van der Waals surface area contributed by atoms with E-state index in [1.807, 2.05) is 11.4 Å². The third-order valence-electron chi connectivity index (χ3n) is 1.90. The van der Waals surface area contributed by atoms with Crippen LogP contribution >= 0.6 is 11.3 Å².